The summed E-state index contributed by atoms with van der Waals surface area (Å²) in [5, 5.41) is 0. The van der Waals surface area contributed by atoms with Gasteiger partial charge in [0.2, 0.25) is 5.95 Å². The lowest BCUT2D eigenvalue weighted by molar-refractivity contribution is 0.413. The van der Waals surface area contributed by atoms with Gasteiger partial charge in [0.05, 0.1) is 0 Å². The van der Waals surface area contributed by atoms with Crippen LogP contribution in [0.25, 0.3) is 0 Å². The van der Waals surface area contributed by atoms with Crippen LogP contribution >= 0.6 is 0 Å². The second-order valence-corrected chi connectivity index (χ2v) is 4.78. The molecule has 0 aromatic carbocycles. The Morgan fingerprint density at radius 1 is 1.41 bits per heavy atom. The van der Waals surface area contributed by atoms with Crippen LogP contribution in [0, 0.1) is 5.92 Å². The fourth-order valence-corrected chi connectivity index (χ4v) is 2.13. The summed E-state index contributed by atoms with van der Waals surface area (Å²) in [4.78, 5) is 13.0. The molecule has 0 radical (unpaired) electrons. The first-order valence-electron chi connectivity index (χ1n) is 6.16. The van der Waals surface area contributed by atoms with E-state index >= 15 is 0 Å². The lowest BCUT2D eigenvalue weighted by Crippen LogP contribution is -2.36. The first kappa shape index (κ1) is 12.1. The number of nitrogens with zero attached hydrogens (tertiary/aromatic N) is 4. The molecule has 1 aromatic rings. The summed E-state index contributed by atoms with van der Waals surface area (Å²) in [5.41, 5.74) is 5.70. The fraction of sp³-hybridized carbons (Fsp3) is 0.667. The molecule has 0 bridgehead atoms. The van der Waals surface area contributed by atoms with Gasteiger partial charge < -0.3 is 15.5 Å². The Morgan fingerprint density at radius 3 is 2.71 bits per heavy atom. The Labute approximate surface area is 103 Å². The van der Waals surface area contributed by atoms with E-state index in [2.05, 4.69) is 14.9 Å². The summed E-state index contributed by atoms with van der Waals surface area (Å²) >= 11 is 0. The molecule has 0 amide bonds. The number of anilines is 2. The van der Waals surface area contributed by atoms with Gasteiger partial charge in [-0.2, -0.15) is 4.98 Å². The second-order valence-electron chi connectivity index (χ2n) is 4.78. The van der Waals surface area contributed by atoms with E-state index in [9.17, 15) is 0 Å². The highest BCUT2D eigenvalue weighted by Gasteiger charge is 2.19. The van der Waals surface area contributed by atoms with Crippen LogP contribution in [0.15, 0.2) is 12.3 Å². The van der Waals surface area contributed by atoms with E-state index in [-0.39, 0.29) is 0 Å². The van der Waals surface area contributed by atoms with Crippen molar-refractivity contribution in [2.24, 2.45) is 11.7 Å². The Kier molecular flexibility index (Phi) is 3.78. The van der Waals surface area contributed by atoms with E-state index in [0.29, 0.717) is 5.92 Å². The third-order valence-corrected chi connectivity index (χ3v) is 3.30. The number of hydrogen-bond donors (Lipinski definition) is 1. The summed E-state index contributed by atoms with van der Waals surface area (Å²) in [5.74, 6) is 2.48. The third kappa shape index (κ3) is 2.85. The molecule has 1 aliphatic rings. The first-order chi connectivity index (χ1) is 8.20. The van der Waals surface area contributed by atoms with Gasteiger partial charge in [-0.15, -0.1) is 0 Å². The van der Waals surface area contributed by atoms with Gasteiger partial charge >= 0.3 is 0 Å². The van der Waals surface area contributed by atoms with Crippen molar-refractivity contribution in [3.8, 4) is 0 Å². The van der Waals surface area contributed by atoms with Crippen molar-refractivity contribution in [3.05, 3.63) is 12.3 Å². The Morgan fingerprint density at radius 2 is 2.12 bits per heavy atom. The monoisotopic (exact) mass is 235 g/mol. The summed E-state index contributed by atoms with van der Waals surface area (Å²) in [6.45, 7) is 2.90. The van der Waals surface area contributed by atoms with Gasteiger partial charge in [-0.05, 0) is 31.4 Å². The molecular formula is C12H21N5. The highest BCUT2D eigenvalue weighted by atomic mass is 15.3. The molecule has 1 saturated heterocycles. The normalized spacial score (nSPS) is 17.2. The largest absolute Gasteiger partial charge is 0.356 e. The van der Waals surface area contributed by atoms with Gasteiger partial charge in [0.1, 0.15) is 5.82 Å². The molecule has 0 atom stereocenters. The zero-order valence-electron chi connectivity index (χ0n) is 10.6. The maximum absolute atomic E-state index is 5.70. The topological polar surface area (TPSA) is 58.3 Å². The molecule has 5 nitrogen and oxygen atoms in total. The number of nitrogens with two attached hydrogens (primary N) is 1. The molecule has 2 rings (SSSR count). The Hall–Kier alpha value is -1.36. The highest BCUT2D eigenvalue weighted by Crippen LogP contribution is 2.21. The molecule has 1 aliphatic heterocycles. The lowest BCUT2D eigenvalue weighted by Gasteiger charge is -2.32. The summed E-state index contributed by atoms with van der Waals surface area (Å²) in [7, 11) is 3.92. The van der Waals surface area contributed by atoms with Crippen molar-refractivity contribution in [2.45, 2.75) is 12.8 Å². The number of hydrogen-bond acceptors (Lipinski definition) is 5. The molecule has 0 spiro atoms. The average molecular weight is 235 g/mol. The van der Waals surface area contributed by atoms with Gasteiger partial charge in [-0.1, -0.05) is 0 Å². The van der Waals surface area contributed by atoms with Crippen LogP contribution in [-0.2, 0) is 0 Å². The highest BCUT2D eigenvalue weighted by molar-refractivity contribution is 5.43. The molecule has 1 aromatic heterocycles. The van der Waals surface area contributed by atoms with E-state index < -0.39 is 0 Å². The Bertz CT molecular complexity index is 358. The van der Waals surface area contributed by atoms with E-state index in [1.165, 1.54) is 0 Å². The van der Waals surface area contributed by atoms with Crippen molar-refractivity contribution in [2.75, 3.05) is 43.5 Å². The van der Waals surface area contributed by atoms with Crippen LogP contribution in [-0.4, -0.2) is 43.7 Å². The lowest BCUT2D eigenvalue weighted by atomic mass is 9.97. The summed E-state index contributed by atoms with van der Waals surface area (Å²) in [6.07, 6.45) is 4.16. The van der Waals surface area contributed by atoms with E-state index in [0.717, 1.165) is 44.2 Å². The SMILES string of the molecule is CN(C)c1nccc(N2CCC(CN)CC2)n1. The van der Waals surface area contributed by atoms with Crippen LogP contribution in [0.4, 0.5) is 11.8 Å². The molecular weight excluding hydrogens is 214 g/mol. The van der Waals surface area contributed by atoms with E-state index in [4.69, 9.17) is 5.73 Å². The van der Waals surface area contributed by atoms with Crippen LogP contribution in [0.2, 0.25) is 0 Å². The molecule has 17 heavy (non-hydrogen) atoms. The van der Waals surface area contributed by atoms with Gasteiger partial charge in [-0.3, -0.25) is 0 Å². The van der Waals surface area contributed by atoms with Crippen molar-refractivity contribution in [1.82, 2.24) is 9.97 Å². The van der Waals surface area contributed by atoms with Gasteiger partial charge in [-0.25, -0.2) is 4.98 Å². The van der Waals surface area contributed by atoms with Crippen molar-refractivity contribution >= 4 is 11.8 Å². The van der Waals surface area contributed by atoms with Gasteiger partial charge in [0.15, 0.2) is 0 Å². The zero-order valence-corrected chi connectivity index (χ0v) is 10.6. The standard InChI is InChI=1S/C12H21N5/c1-16(2)12-14-6-3-11(15-12)17-7-4-10(9-13)5-8-17/h3,6,10H,4-5,7-9,13H2,1-2H3. The maximum Gasteiger partial charge on any atom is 0.226 e. The molecule has 0 saturated carbocycles. The minimum absolute atomic E-state index is 0.682. The molecule has 0 unspecified atom stereocenters. The van der Waals surface area contributed by atoms with Crippen LogP contribution in [0.3, 0.4) is 0 Å². The van der Waals surface area contributed by atoms with Crippen molar-refractivity contribution in [1.29, 1.82) is 0 Å². The third-order valence-electron chi connectivity index (χ3n) is 3.30. The predicted molar refractivity (Wildman–Crippen MR) is 70.4 cm³/mol. The van der Waals surface area contributed by atoms with Crippen molar-refractivity contribution in [3.63, 3.8) is 0 Å². The molecule has 94 valence electrons. The average Bonchev–Trinajstić information content (AvgIpc) is 2.39. The van der Waals surface area contributed by atoms with E-state index in [1.54, 1.807) is 0 Å². The summed E-state index contributed by atoms with van der Waals surface area (Å²) in [6, 6.07) is 1.98. The molecule has 0 aliphatic carbocycles. The molecule has 1 fully saturated rings. The molecule has 2 heterocycles. The summed E-state index contributed by atoms with van der Waals surface area (Å²) < 4.78 is 0. The number of rotatable bonds is 3. The van der Waals surface area contributed by atoms with Gasteiger partial charge in [0.25, 0.3) is 0 Å². The van der Waals surface area contributed by atoms with Crippen LogP contribution in [0.5, 0.6) is 0 Å². The molecule has 2 N–H and O–H groups in total. The number of piperidine rings is 1. The number of aromatic nitrogens is 2. The smallest absolute Gasteiger partial charge is 0.226 e. The fourth-order valence-electron chi connectivity index (χ4n) is 2.13. The second kappa shape index (κ2) is 5.31. The maximum atomic E-state index is 5.70. The predicted octanol–water partition coefficient (Wildman–Crippen LogP) is 0.718. The Balaban J connectivity index is 2.05. The van der Waals surface area contributed by atoms with Crippen LogP contribution < -0.4 is 15.5 Å². The van der Waals surface area contributed by atoms with Gasteiger partial charge in [0, 0.05) is 33.4 Å². The first-order valence-corrected chi connectivity index (χ1v) is 6.16. The minimum Gasteiger partial charge on any atom is -0.356 e. The zero-order chi connectivity index (χ0) is 12.3. The van der Waals surface area contributed by atoms with E-state index in [1.807, 2.05) is 31.3 Å². The molecule has 5 heteroatoms. The van der Waals surface area contributed by atoms with Crippen molar-refractivity contribution < 1.29 is 0 Å². The quantitative estimate of drug-likeness (QED) is 0.836. The van der Waals surface area contributed by atoms with Crippen LogP contribution in [0.1, 0.15) is 12.8 Å². The minimum atomic E-state index is 0.682.